The summed E-state index contributed by atoms with van der Waals surface area (Å²) >= 11 is 1.53. The van der Waals surface area contributed by atoms with E-state index in [4.69, 9.17) is 4.74 Å². The standard InChI is InChI=1S/C25H27N3O4S/c1-4-17-9-11-19(12-10-17)28-14-18(13-23(28)29)25(31)32-16(2)24(30)27(3)15-22-26-20-7-5-6-8-21(20)33-22/h5-12,16,18H,4,13-15H2,1-3H3. The first kappa shape index (κ1) is 22.9. The quantitative estimate of drug-likeness (QED) is 0.496. The van der Waals surface area contributed by atoms with Gasteiger partial charge in [-0.1, -0.05) is 31.2 Å². The van der Waals surface area contributed by atoms with Gasteiger partial charge in [0.05, 0.1) is 22.7 Å². The van der Waals surface area contributed by atoms with Gasteiger partial charge < -0.3 is 14.5 Å². The number of fused-ring (bicyclic) bond motifs is 1. The van der Waals surface area contributed by atoms with Gasteiger partial charge in [-0.05, 0) is 43.2 Å². The number of esters is 1. The highest BCUT2D eigenvalue weighted by atomic mass is 32.1. The Kier molecular flexibility index (Phi) is 6.74. The van der Waals surface area contributed by atoms with Crippen molar-refractivity contribution in [1.29, 1.82) is 0 Å². The molecule has 2 aromatic carbocycles. The van der Waals surface area contributed by atoms with E-state index in [0.29, 0.717) is 6.54 Å². The van der Waals surface area contributed by atoms with Gasteiger partial charge in [-0.2, -0.15) is 0 Å². The molecule has 172 valence electrons. The van der Waals surface area contributed by atoms with Crippen LogP contribution < -0.4 is 4.90 Å². The number of hydrogen-bond donors (Lipinski definition) is 0. The molecule has 1 aliphatic heterocycles. The Morgan fingerprint density at radius 2 is 1.94 bits per heavy atom. The predicted molar refractivity (Wildman–Crippen MR) is 128 cm³/mol. The summed E-state index contributed by atoms with van der Waals surface area (Å²) in [6.07, 6.45) is 0.0594. The number of anilines is 1. The van der Waals surface area contributed by atoms with Crippen LogP contribution in [-0.2, 0) is 32.1 Å². The number of aromatic nitrogens is 1. The van der Waals surface area contributed by atoms with Crippen LogP contribution in [0, 0.1) is 5.92 Å². The topological polar surface area (TPSA) is 79.8 Å². The second kappa shape index (κ2) is 9.70. The molecule has 0 N–H and O–H groups in total. The van der Waals surface area contributed by atoms with Crippen molar-refractivity contribution < 1.29 is 19.1 Å². The highest BCUT2D eigenvalue weighted by Gasteiger charge is 2.37. The molecule has 0 aliphatic carbocycles. The number of hydrogen-bond acceptors (Lipinski definition) is 6. The SMILES string of the molecule is CCc1ccc(N2CC(C(=O)OC(C)C(=O)N(C)Cc3nc4ccccc4s3)CC2=O)cc1. The minimum Gasteiger partial charge on any atom is -0.452 e. The Morgan fingerprint density at radius 1 is 1.21 bits per heavy atom. The molecule has 2 unspecified atom stereocenters. The van der Waals surface area contributed by atoms with E-state index >= 15 is 0 Å². The Labute approximate surface area is 197 Å². The maximum absolute atomic E-state index is 12.8. The van der Waals surface area contributed by atoms with E-state index in [-0.39, 0.29) is 24.8 Å². The van der Waals surface area contributed by atoms with Crippen molar-refractivity contribution in [3.63, 3.8) is 0 Å². The van der Waals surface area contributed by atoms with E-state index in [0.717, 1.165) is 27.3 Å². The van der Waals surface area contributed by atoms with Gasteiger partial charge in [0.1, 0.15) is 5.01 Å². The van der Waals surface area contributed by atoms with Crippen molar-refractivity contribution in [2.24, 2.45) is 5.92 Å². The Hall–Kier alpha value is -3.26. The first-order chi connectivity index (χ1) is 15.9. The van der Waals surface area contributed by atoms with Crippen LogP contribution >= 0.6 is 11.3 Å². The smallest absolute Gasteiger partial charge is 0.312 e. The molecule has 1 aromatic heterocycles. The fraction of sp³-hybridized carbons (Fsp3) is 0.360. The number of aryl methyl sites for hydroxylation is 1. The normalized spacial score (nSPS) is 16.8. The minimum absolute atomic E-state index is 0.0802. The van der Waals surface area contributed by atoms with Gasteiger partial charge in [0, 0.05) is 25.7 Å². The molecule has 3 aromatic rings. The number of nitrogens with zero attached hydrogens (tertiary/aromatic N) is 3. The lowest BCUT2D eigenvalue weighted by atomic mass is 10.1. The summed E-state index contributed by atoms with van der Waals surface area (Å²) in [6, 6.07) is 15.6. The first-order valence-corrected chi connectivity index (χ1v) is 11.9. The highest BCUT2D eigenvalue weighted by molar-refractivity contribution is 7.18. The average Bonchev–Trinajstić information content (AvgIpc) is 3.41. The van der Waals surface area contributed by atoms with Crippen molar-refractivity contribution in [2.45, 2.75) is 39.3 Å². The van der Waals surface area contributed by atoms with Gasteiger partial charge in [0.15, 0.2) is 6.10 Å². The van der Waals surface area contributed by atoms with Crippen LogP contribution in [0.1, 0.15) is 30.8 Å². The van der Waals surface area contributed by atoms with Crippen LogP contribution in [0.2, 0.25) is 0 Å². The lowest BCUT2D eigenvalue weighted by Crippen LogP contribution is -2.38. The van der Waals surface area contributed by atoms with Gasteiger partial charge in [-0.3, -0.25) is 14.4 Å². The summed E-state index contributed by atoms with van der Waals surface area (Å²) < 4.78 is 6.52. The third-order valence-electron chi connectivity index (χ3n) is 5.84. The molecule has 1 saturated heterocycles. The van der Waals surface area contributed by atoms with Crippen LogP contribution in [0.3, 0.4) is 0 Å². The molecule has 0 radical (unpaired) electrons. The maximum atomic E-state index is 12.8. The van der Waals surface area contributed by atoms with E-state index in [2.05, 4.69) is 11.9 Å². The second-order valence-electron chi connectivity index (χ2n) is 8.27. The Bertz CT molecular complexity index is 1140. The van der Waals surface area contributed by atoms with E-state index in [1.807, 2.05) is 48.5 Å². The average molecular weight is 466 g/mol. The van der Waals surface area contributed by atoms with E-state index in [1.165, 1.54) is 21.8 Å². The van der Waals surface area contributed by atoms with E-state index in [1.54, 1.807) is 18.9 Å². The summed E-state index contributed by atoms with van der Waals surface area (Å²) in [4.78, 5) is 45.6. The molecule has 33 heavy (non-hydrogen) atoms. The number of rotatable bonds is 7. The molecule has 2 amide bonds. The summed E-state index contributed by atoms with van der Waals surface area (Å²) in [7, 11) is 1.67. The van der Waals surface area contributed by atoms with Gasteiger partial charge in [0.2, 0.25) is 5.91 Å². The maximum Gasteiger partial charge on any atom is 0.312 e. The van der Waals surface area contributed by atoms with E-state index < -0.39 is 18.0 Å². The molecular weight excluding hydrogens is 438 g/mol. The third-order valence-corrected chi connectivity index (χ3v) is 6.86. The van der Waals surface area contributed by atoms with Crippen LogP contribution in [0.4, 0.5) is 5.69 Å². The molecule has 1 aliphatic rings. The predicted octanol–water partition coefficient (Wildman–Crippen LogP) is 3.80. The number of likely N-dealkylation sites (N-methyl/N-ethyl adjacent to an activating group) is 1. The molecule has 4 rings (SSSR count). The molecule has 2 atom stereocenters. The second-order valence-corrected chi connectivity index (χ2v) is 9.39. The number of thiazole rings is 1. The van der Waals surface area contributed by atoms with Crippen LogP contribution in [0.25, 0.3) is 10.2 Å². The number of carbonyl (C=O) groups is 3. The molecular formula is C25H27N3O4S. The molecule has 0 spiro atoms. The van der Waals surface area contributed by atoms with E-state index in [9.17, 15) is 14.4 Å². The van der Waals surface area contributed by atoms with Crippen LogP contribution in [0.15, 0.2) is 48.5 Å². The van der Waals surface area contributed by atoms with Crippen LogP contribution in [0.5, 0.6) is 0 Å². The minimum atomic E-state index is -0.940. The zero-order chi connectivity index (χ0) is 23.5. The molecule has 0 saturated carbocycles. The van der Waals surface area contributed by atoms with Crippen molar-refractivity contribution in [3.8, 4) is 0 Å². The van der Waals surface area contributed by atoms with Gasteiger partial charge in [0.25, 0.3) is 5.91 Å². The number of para-hydroxylation sites is 1. The monoisotopic (exact) mass is 465 g/mol. The Morgan fingerprint density at radius 3 is 2.64 bits per heavy atom. The molecule has 0 bridgehead atoms. The summed E-state index contributed by atoms with van der Waals surface area (Å²) in [5, 5.41) is 0.816. The Balaban J connectivity index is 1.33. The van der Waals surface area contributed by atoms with Crippen molar-refractivity contribution in [2.75, 3.05) is 18.5 Å². The molecule has 7 nitrogen and oxygen atoms in total. The fourth-order valence-corrected chi connectivity index (χ4v) is 4.95. The number of carbonyl (C=O) groups excluding carboxylic acids is 3. The van der Waals surface area contributed by atoms with Gasteiger partial charge >= 0.3 is 5.97 Å². The number of benzene rings is 2. The zero-order valence-electron chi connectivity index (χ0n) is 19.0. The molecule has 2 heterocycles. The lowest BCUT2D eigenvalue weighted by molar-refractivity contribution is -0.161. The van der Waals surface area contributed by atoms with Crippen LogP contribution in [-0.4, -0.2) is 47.4 Å². The summed E-state index contributed by atoms with van der Waals surface area (Å²) in [6.45, 7) is 4.23. The number of ether oxygens (including phenoxy) is 1. The summed E-state index contributed by atoms with van der Waals surface area (Å²) in [5.41, 5.74) is 2.86. The van der Waals surface area contributed by atoms with Crippen molar-refractivity contribution >= 4 is 45.0 Å². The van der Waals surface area contributed by atoms with Crippen molar-refractivity contribution in [1.82, 2.24) is 9.88 Å². The van der Waals surface area contributed by atoms with Crippen molar-refractivity contribution in [3.05, 3.63) is 59.1 Å². The first-order valence-electron chi connectivity index (χ1n) is 11.0. The largest absolute Gasteiger partial charge is 0.452 e. The molecule has 1 fully saturated rings. The number of amides is 2. The summed E-state index contributed by atoms with van der Waals surface area (Å²) in [5.74, 6) is -1.54. The lowest BCUT2D eigenvalue weighted by Gasteiger charge is -2.22. The highest BCUT2D eigenvalue weighted by Crippen LogP contribution is 2.27. The third kappa shape index (κ3) is 5.06. The van der Waals surface area contributed by atoms with Gasteiger partial charge in [-0.15, -0.1) is 11.3 Å². The molecule has 8 heteroatoms. The fourth-order valence-electron chi connectivity index (χ4n) is 3.93. The zero-order valence-corrected chi connectivity index (χ0v) is 19.8. The van der Waals surface area contributed by atoms with Gasteiger partial charge in [-0.25, -0.2) is 4.98 Å².